The molecule has 0 radical (unpaired) electrons. The first-order valence-corrected chi connectivity index (χ1v) is 30.9. The number of hydrogen-bond acceptors (Lipinski definition) is 11. The Balaban J connectivity index is 2.73. The van der Waals surface area contributed by atoms with Crippen molar-refractivity contribution in [2.45, 2.75) is 276 Å². The Hall–Kier alpha value is -4.62. The Morgan fingerprint density at radius 3 is 1.25 bits per heavy atom. The molecule has 6 atom stereocenters. The molecule has 0 amide bonds. The number of allylic oxidation sites excluding steroid dienone is 18. The van der Waals surface area contributed by atoms with E-state index in [0.717, 1.165) is 135 Å². The molecule has 1 fully saturated rings. The van der Waals surface area contributed by atoms with E-state index in [1.54, 1.807) is 0 Å². The lowest BCUT2D eigenvalue weighted by Gasteiger charge is -2.40. The van der Waals surface area contributed by atoms with Crippen molar-refractivity contribution < 1.29 is 58.2 Å². The molecule has 0 aromatic carbocycles. The topological polar surface area (TPSA) is 175 Å². The zero-order valence-corrected chi connectivity index (χ0v) is 49.3. The van der Waals surface area contributed by atoms with E-state index in [1.165, 1.54) is 38.5 Å². The third-order valence-corrected chi connectivity index (χ3v) is 13.3. The molecule has 12 nitrogen and oxygen atoms in total. The molecule has 0 saturated carbocycles. The summed E-state index contributed by atoms with van der Waals surface area (Å²) in [4.78, 5) is 51.2. The first-order valence-electron chi connectivity index (χ1n) is 30.9. The van der Waals surface area contributed by atoms with Gasteiger partial charge in [0.25, 0.3) is 0 Å². The van der Waals surface area contributed by atoms with Crippen LogP contribution in [0.1, 0.15) is 239 Å². The van der Waals surface area contributed by atoms with E-state index in [2.05, 4.69) is 124 Å². The summed E-state index contributed by atoms with van der Waals surface area (Å²) in [6.45, 7) is 5.76. The summed E-state index contributed by atoms with van der Waals surface area (Å²) in [6.07, 6.45) is 60.5. The van der Waals surface area contributed by atoms with E-state index in [9.17, 15) is 34.5 Å². The van der Waals surface area contributed by atoms with Gasteiger partial charge in [0, 0.05) is 19.3 Å². The van der Waals surface area contributed by atoms with Gasteiger partial charge in [-0.2, -0.15) is 0 Å². The normalized spacial score (nSPS) is 18.6. The summed E-state index contributed by atoms with van der Waals surface area (Å²) in [5.74, 6) is -3.23. The van der Waals surface area contributed by atoms with Gasteiger partial charge in [0.05, 0.1) is 6.61 Å². The Labute approximate surface area is 478 Å². The number of carbonyl (C=O) groups excluding carboxylic acids is 3. The number of unbranched alkanes of at least 4 members (excludes halogenated alkanes) is 19. The van der Waals surface area contributed by atoms with Crippen LogP contribution in [0, 0.1) is 0 Å². The van der Waals surface area contributed by atoms with Gasteiger partial charge in [0.2, 0.25) is 0 Å². The maximum absolute atomic E-state index is 13.2. The smallest absolute Gasteiger partial charge is 0.335 e. The van der Waals surface area contributed by atoms with E-state index >= 15 is 0 Å². The molecule has 0 aromatic heterocycles. The predicted molar refractivity (Wildman–Crippen MR) is 321 cm³/mol. The largest absolute Gasteiger partial charge is 0.479 e. The Kier molecular flexibility index (Phi) is 49.5. The van der Waals surface area contributed by atoms with Gasteiger partial charge in [-0.05, 0) is 122 Å². The van der Waals surface area contributed by atoms with Gasteiger partial charge in [-0.15, -0.1) is 0 Å². The summed E-state index contributed by atoms with van der Waals surface area (Å²) >= 11 is 0. The number of carboxylic acid groups (broad SMARTS) is 1. The predicted octanol–water partition coefficient (Wildman–Crippen LogP) is 16.2. The van der Waals surface area contributed by atoms with E-state index < -0.39 is 67.3 Å². The highest BCUT2D eigenvalue weighted by Gasteiger charge is 2.50. The number of aliphatic hydroxyl groups excluding tert-OH is 2. The molecule has 1 aliphatic rings. The van der Waals surface area contributed by atoms with Crippen molar-refractivity contribution in [2.75, 3.05) is 13.2 Å². The lowest BCUT2D eigenvalue weighted by atomic mass is 9.98. The zero-order chi connectivity index (χ0) is 57.5. The van der Waals surface area contributed by atoms with Crippen LogP contribution in [0.25, 0.3) is 0 Å². The summed E-state index contributed by atoms with van der Waals surface area (Å²) in [6, 6.07) is 0. The van der Waals surface area contributed by atoms with Crippen LogP contribution in [0.2, 0.25) is 0 Å². The minimum Gasteiger partial charge on any atom is -0.479 e. The second-order valence-electron chi connectivity index (χ2n) is 20.6. The number of rotatable bonds is 51. The van der Waals surface area contributed by atoms with Crippen molar-refractivity contribution in [2.24, 2.45) is 0 Å². The van der Waals surface area contributed by atoms with Crippen molar-refractivity contribution in [3.05, 3.63) is 109 Å². The number of aliphatic carboxylic acids is 1. The third-order valence-electron chi connectivity index (χ3n) is 13.3. The molecule has 79 heavy (non-hydrogen) atoms. The summed E-state index contributed by atoms with van der Waals surface area (Å²) in [5.41, 5.74) is 0. The summed E-state index contributed by atoms with van der Waals surface area (Å²) < 4.78 is 28.4. The number of ether oxygens (including phenoxy) is 5. The molecular weight excluding hydrogens is 997 g/mol. The number of carboxylic acids is 1. The molecule has 0 aromatic rings. The Bertz CT molecular complexity index is 1790. The van der Waals surface area contributed by atoms with Gasteiger partial charge in [-0.3, -0.25) is 14.4 Å². The highest BCUT2D eigenvalue weighted by molar-refractivity contribution is 5.74. The van der Waals surface area contributed by atoms with Gasteiger partial charge in [-0.1, -0.05) is 207 Å². The van der Waals surface area contributed by atoms with E-state index in [-0.39, 0.29) is 25.9 Å². The van der Waals surface area contributed by atoms with Crippen LogP contribution in [0.3, 0.4) is 0 Å². The van der Waals surface area contributed by atoms with Crippen LogP contribution in [0.5, 0.6) is 0 Å². The summed E-state index contributed by atoms with van der Waals surface area (Å²) in [5, 5.41) is 31.5. The number of aliphatic hydroxyl groups is 2. The first kappa shape index (κ1) is 72.4. The van der Waals surface area contributed by atoms with Gasteiger partial charge >= 0.3 is 23.9 Å². The van der Waals surface area contributed by atoms with Crippen LogP contribution in [0.4, 0.5) is 0 Å². The third kappa shape index (κ3) is 43.8. The fraction of sp³-hybridized carbons (Fsp3) is 0.672. The molecule has 12 heteroatoms. The van der Waals surface area contributed by atoms with Crippen LogP contribution < -0.4 is 0 Å². The maximum Gasteiger partial charge on any atom is 0.335 e. The molecule has 3 N–H and O–H groups in total. The van der Waals surface area contributed by atoms with Crippen LogP contribution in [-0.4, -0.2) is 89.2 Å². The average Bonchev–Trinajstić information content (AvgIpc) is 3.47. The van der Waals surface area contributed by atoms with Crippen molar-refractivity contribution in [3.63, 3.8) is 0 Å². The average molecular weight is 1110 g/mol. The molecule has 1 heterocycles. The molecule has 0 spiro atoms. The monoisotopic (exact) mass is 1100 g/mol. The van der Waals surface area contributed by atoms with Gasteiger partial charge in [0.1, 0.15) is 18.8 Å². The van der Waals surface area contributed by atoms with Crippen molar-refractivity contribution in [3.8, 4) is 0 Å². The van der Waals surface area contributed by atoms with Crippen LogP contribution >= 0.6 is 0 Å². The molecular formula is C67H108O12. The first-order chi connectivity index (χ1) is 38.6. The Morgan fingerprint density at radius 1 is 0.430 bits per heavy atom. The second kappa shape index (κ2) is 54.0. The van der Waals surface area contributed by atoms with E-state index in [4.69, 9.17) is 23.7 Å². The molecule has 1 aliphatic heterocycles. The SMILES string of the molecule is CC/C=C\C/C=C\C/C=C\C/C=C\C/C=C\CCCC(=O)OCC(COC1OC(C(=O)O)C(O)C(O)C1OC(=O)CCCCCCCCC/C=C\C/C=C\CCCCC)OC(=O)CCCCCCC/C=C\C/C=C\CCCCC. The van der Waals surface area contributed by atoms with E-state index in [1.807, 2.05) is 6.08 Å². The molecule has 448 valence electrons. The quantitative estimate of drug-likeness (QED) is 0.0228. The van der Waals surface area contributed by atoms with Gasteiger partial charge < -0.3 is 39.0 Å². The van der Waals surface area contributed by atoms with Crippen molar-refractivity contribution in [1.29, 1.82) is 0 Å². The molecule has 0 bridgehead atoms. The number of carbonyl (C=O) groups is 4. The fourth-order valence-electron chi connectivity index (χ4n) is 8.58. The second-order valence-corrected chi connectivity index (χ2v) is 20.6. The van der Waals surface area contributed by atoms with Crippen molar-refractivity contribution in [1.82, 2.24) is 0 Å². The molecule has 1 rings (SSSR count). The standard InChI is InChI=1S/C67H108O12/c1-4-7-10-13-16-19-22-25-28-30-33-35-38-41-44-47-50-53-59(68)75-56-58(77-60(69)54-51-48-45-42-39-36-32-27-24-21-18-15-12-9-6-3)57-76-67-65(63(72)62(71)64(79-67)66(73)74)78-61(70)55-52-49-46-43-40-37-34-31-29-26-23-20-17-14-11-8-5-2/h7,10,16-21,25-29,32-33,35,41,44,58,62-65,67,71-72H,4-6,8-9,11-15,22-24,30-31,34,36-40,42-43,45-57H2,1-3H3,(H,73,74)/b10-7-,19-16-,20-17-,21-18-,28-25-,29-26-,32-27-,35-33-,44-41-. The zero-order valence-electron chi connectivity index (χ0n) is 49.3. The van der Waals surface area contributed by atoms with E-state index in [0.29, 0.717) is 25.7 Å². The highest BCUT2D eigenvalue weighted by atomic mass is 16.7. The minimum atomic E-state index is -1.92. The van der Waals surface area contributed by atoms with Gasteiger partial charge in [-0.25, -0.2) is 4.79 Å². The number of hydrogen-bond donors (Lipinski definition) is 3. The van der Waals surface area contributed by atoms with Crippen molar-refractivity contribution >= 4 is 23.9 Å². The Morgan fingerprint density at radius 2 is 0.810 bits per heavy atom. The van der Waals surface area contributed by atoms with Gasteiger partial charge in [0.15, 0.2) is 24.6 Å². The highest BCUT2D eigenvalue weighted by Crippen LogP contribution is 2.26. The van der Waals surface area contributed by atoms with Crippen LogP contribution in [-0.2, 0) is 42.9 Å². The molecule has 1 saturated heterocycles. The molecule has 6 unspecified atom stereocenters. The lowest BCUT2D eigenvalue weighted by molar-refractivity contribution is -0.301. The molecule has 0 aliphatic carbocycles. The fourth-order valence-corrected chi connectivity index (χ4v) is 8.58. The minimum absolute atomic E-state index is 0.0394. The summed E-state index contributed by atoms with van der Waals surface area (Å²) in [7, 11) is 0. The number of esters is 3. The van der Waals surface area contributed by atoms with Crippen LogP contribution in [0.15, 0.2) is 109 Å². The lowest BCUT2D eigenvalue weighted by Crippen LogP contribution is -2.61. The maximum atomic E-state index is 13.2.